The summed E-state index contributed by atoms with van der Waals surface area (Å²) in [5, 5.41) is 8.79. The molecule has 0 aromatic heterocycles. The first-order valence-electron chi connectivity index (χ1n) is 8.54. The molecule has 0 aliphatic rings. The van der Waals surface area contributed by atoms with Crippen LogP contribution in [0.5, 0.6) is 11.5 Å². The molecule has 140 valence electrons. The zero-order valence-corrected chi connectivity index (χ0v) is 15.5. The van der Waals surface area contributed by atoms with Crippen LogP contribution >= 0.6 is 0 Å². The van der Waals surface area contributed by atoms with E-state index in [0.29, 0.717) is 34.8 Å². The Bertz CT molecular complexity index is 852. The van der Waals surface area contributed by atoms with E-state index in [9.17, 15) is 9.59 Å². The molecule has 27 heavy (non-hydrogen) atoms. The SMILES string of the molecule is CCOc1ccc(C(C)=O)cc1COC(=O)[C@@H](C)Oc1ccc(C#N)cc1. The molecule has 2 aromatic rings. The highest BCUT2D eigenvalue weighted by Crippen LogP contribution is 2.22. The molecule has 1 atom stereocenters. The van der Waals surface area contributed by atoms with Crippen LogP contribution in [0.15, 0.2) is 42.5 Å². The first-order valence-corrected chi connectivity index (χ1v) is 8.54. The van der Waals surface area contributed by atoms with Gasteiger partial charge in [0.25, 0.3) is 0 Å². The molecule has 0 N–H and O–H groups in total. The van der Waals surface area contributed by atoms with Gasteiger partial charge in [0.1, 0.15) is 18.1 Å². The van der Waals surface area contributed by atoms with Gasteiger partial charge in [-0.2, -0.15) is 5.26 Å². The van der Waals surface area contributed by atoms with E-state index < -0.39 is 12.1 Å². The van der Waals surface area contributed by atoms with Crippen molar-refractivity contribution in [2.45, 2.75) is 33.5 Å². The van der Waals surface area contributed by atoms with Crippen LogP contribution in [0.25, 0.3) is 0 Å². The number of nitriles is 1. The number of hydrogen-bond acceptors (Lipinski definition) is 6. The molecule has 0 spiro atoms. The van der Waals surface area contributed by atoms with Gasteiger partial charge in [-0.15, -0.1) is 0 Å². The summed E-state index contributed by atoms with van der Waals surface area (Å²) < 4.78 is 16.4. The summed E-state index contributed by atoms with van der Waals surface area (Å²) in [5.41, 5.74) is 1.64. The van der Waals surface area contributed by atoms with Gasteiger partial charge in [0, 0.05) is 11.1 Å². The first-order chi connectivity index (χ1) is 12.9. The van der Waals surface area contributed by atoms with E-state index in [1.165, 1.54) is 6.92 Å². The highest BCUT2D eigenvalue weighted by molar-refractivity contribution is 5.94. The Hall–Kier alpha value is -3.33. The van der Waals surface area contributed by atoms with E-state index >= 15 is 0 Å². The van der Waals surface area contributed by atoms with Crippen molar-refractivity contribution >= 4 is 11.8 Å². The Balaban J connectivity index is 2.01. The number of carbonyl (C=O) groups is 2. The van der Waals surface area contributed by atoms with Crippen LogP contribution in [-0.2, 0) is 16.1 Å². The zero-order valence-electron chi connectivity index (χ0n) is 15.5. The van der Waals surface area contributed by atoms with Crippen molar-refractivity contribution in [3.8, 4) is 17.6 Å². The maximum atomic E-state index is 12.2. The molecule has 0 aliphatic carbocycles. The van der Waals surface area contributed by atoms with Crippen LogP contribution in [0.4, 0.5) is 0 Å². The summed E-state index contributed by atoms with van der Waals surface area (Å²) in [5.74, 6) is 0.404. The average Bonchev–Trinajstić information content (AvgIpc) is 2.67. The van der Waals surface area contributed by atoms with Gasteiger partial charge in [-0.25, -0.2) is 4.79 Å². The maximum Gasteiger partial charge on any atom is 0.347 e. The highest BCUT2D eigenvalue weighted by Gasteiger charge is 2.18. The quantitative estimate of drug-likeness (QED) is 0.523. The highest BCUT2D eigenvalue weighted by atomic mass is 16.6. The van der Waals surface area contributed by atoms with Crippen molar-refractivity contribution in [3.05, 3.63) is 59.2 Å². The van der Waals surface area contributed by atoms with Crippen LogP contribution in [-0.4, -0.2) is 24.5 Å². The lowest BCUT2D eigenvalue weighted by Crippen LogP contribution is -2.26. The zero-order chi connectivity index (χ0) is 19.8. The molecule has 6 heteroatoms. The molecule has 0 fully saturated rings. The lowest BCUT2D eigenvalue weighted by molar-refractivity contribution is -0.152. The Morgan fingerprint density at radius 1 is 1.15 bits per heavy atom. The summed E-state index contributed by atoms with van der Waals surface area (Å²) in [7, 11) is 0. The van der Waals surface area contributed by atoms with Crippen molar-refractivity contribution < 1.29 is 23.8 Å². The molecule has 0 heterocycles. The fourth-order valence-corrected chi connectivity index (χ4v) is 2.33. The molecule has 2 aromatic carbocycles. The van der Waals surface area contributed by atoms with Gasteiger partial charge in [-0.05, 0) is 63.2 Å². The molecule has 2 rings (SSSR count). The van der Waals surface area contributed by atoms with Crippen LogP contribution in [0.2, 0.25) is 0 Å². The number of nitrogens with zero attached hydrogens (tertiary/aromatic N) is 1. The lowest BCUT2D eigenvalue weighted by Gasteiger charge is -2.16. The lowest BCUT2D eigenvalue weighted by atomic mass is 10.1. The second-order valence-electron chi connectivity index (χ2n) is 5.82. The number of Topliss-reactive ketones (excluding diaryl/α,β-unsaturated/α-hetero) is 1. The standard InChI is InChI=1S/C21H21NO5/c1-4-25-20-10-7-17(14(2)23)11-18(20)13-26-21(24)15(3)27-19-8-5-16(12-22)6-9-19/h5-11,15H,4,13H2,1-3H3/t15-/m1/s1. The molecular formula is C21H21NO5. The third kappa shape index (κ3) is 5.58. The van der Waals surface area contributed by atoms with E-state index in [0.717, 1.165) is 0 Å². The van der Waals surface area contributed by atoms with E-state index in [-0.39, 0.29) is 12.4 Å². The summed E-state index contributed by atoms with van der Waals surface area (Å²) in [6, 6.07) is 13.5. The topological polar surface area (TPSA) is 85.6 Å². The van der Waals surface area contributed by atoms with E-state index in [4.69, 9.17) is 19.5 Å². The third-order valence-corrected chi connectivity index (χ3v) is 3.76. The molecular weight excluding hydrogens is 346 g/mol. The first kappa shape index (κ1) is 20.0. The van der Waals surface area contributed by atoms with Crippen molar-refractivity contribution in [3.63, 3.8) is 0 Å². The Labute approximate surface area is 158 Å². The number of ketones is 1. The van der Waals surface area contributed by atoms with Gasteiger partial charge in [0.15, 0.2) is 11.9 Å². The maximum absolute atomic E-state index is 12.2. The largest absolute Gasteiger partial charge is 0.493 e. The fraction of sp³-hybridized carbons (Fsp3) is 0.286. The van der Waals surface area contributed by atoms with Crippen molar-refractivity contribution in [2.24, 2.45) is 0 Å². The van der Waals surface area contributed by atoms with Crippen LogP contribution < -0.4 is 9.47 Å². The number of carbonyl (C=O) groups excluding carboxylic acids is 2. The van der Waals surface area contributed by atoms with E-state index in [1.807, 2.05) is 13.0 Å². The minimum absolute atomic E-state index is 0.0314. The molecule has 0 aliphatic heterocycles. The van der Waals surface area contributed by atoms with Gasteiger partial charge in [0.2, 0.25) is 0 Å². The molecule has 0 saturated heterocycles. The van der Waals surface area contributed by atoms with Crippen LogP contribution in [0.1, 0.15) is 42.3 Å². The van der Waals surface area contributed by atoms with Gasteiger partial charge in [0.05, 0.1) is 18.2 Å². The monoisotopic (exact) mass is 367 g/mol. The van der Waals surface area contributed by atoms with Gasteiger partial charge in [-0.3, -0.25) is 4.79 Å². The fourth-order valence-electron chi connectivity index (χ4n) is 2.33. The number of ether oxygens (including phenoxy) is 3. The average molecular weight is 367 g/mol. The molecule has 0 bridgehead atoms. The summed E-state index contributed by atoms with van der Waals surface area (Å²) in [6.45, 7) is 5.33. The van der Waals surface area contributed by atoms with E-state index in [1.54, 1.807) is 49.4 Å². The minimum Gasteiger partial charge on any atom is -0.493 e. The number of rotatable bonds is 8. The molecule has 0 saturated carbocycles. The number of benzene rings is 2. The third-order valence-electron chi connectivity index (χ3n) is 3.76. The summed E-state index contributed by atoms with van der Waals surface area (Å²) in [4.78, 5) is 23.8. The molecule has 0 amide bonds. The predicted molar refractivity (Wildman–Crippen MR) is 98.7 cm³/mol. The molecule has 6 nitrogen and oxygen atoms in total. The Morgan fingerprint density at radius 2 is 1.85 bits per heavy atom. The van der Waals surface area contributed by atoms with Gasteiger partial charge < -0.3 is 14.2 Å². The van der Waals surface area contributed by atoms with E-state index in [2.05, 4.69) is 0 Å². The van der Waals surface area contributed by atoms with Crippen molar-refractivity contribution in [1.82, 2.24) is 0 Å². The Kier molecular flexibility index (Phi) is 6.95. The smallest absolute Gasteiger partial charge is 0.347 e. The molecule has 0 radical (unpaired) electrons. The second-order valence-corrected chi connectivity index (χ2v) is 5.82. The number of hydrogen-bond donors (Lipinski definition) is 0. The predicted octanol–water partition coefficient (Wildman–Crippen LogP) is 3.67. The van der Waals surface area contributed by atoms with Crippen LogP contribution in [0.3, 0.4) is 0 Å². The Morgan fingerprint density at radius 3 is 2.44 bits per heavy atom. The minimum atomic E-state index is -0.829. The van der Waals surface area contributed by atoms with Gasteiger partial charge >= 0.3 is 5.97 Å². The summed E-state index contributed by atoms with van der Waals surface area (Å²) >= 11 is 0. The van der Waals surface area contributed by atoms with Crippen molar-refractivity contribution in [2.75, 3.05) is 6.61 Å². The molecule has 0 unspecified atom stereocenters. The summed E-state index contributed by atoms with van der Waals surface area (Å²) in [6.07, 6.45) is -0.829. The van der Waals surface area contributed by atoms with Gasteiger partial charge in [-0.1, -0.05) is 0 Å². The van der Waals surface area contributed by atoms with Crippen LogP contribution in [0, 0.1) is 11.3 Å². The second kappa shape index (κ2) is 9.39. The number of esters is 1. The normalized spacial score (nSPS) is 11.2. The van der Waals surface area contributed by atoms with Crippen molar-refractivity contribution in [1.29, 1.82) is 5.26 Å².